The molecule has 0 bridgehead atoms. The van der Waals surface area contributed by atoms with E-state index in [0.717, 1.165) is 42.9 Å². The molecule has 2 aromatic heterocycles. The molecule has 1 N–H and O–H groups in total. The summed E-state index contributed by atoms with van der Waals surface area (Å²) in [5, 5.41) is 3.52. The molecule has 8 heteroatoms. The van der Waals surface area contributed by atoms with Gasteiger partial charge in [0, 0.05) is 29.7 Å². The molecular formula is C30H31ClN4O3. The van der Waals surface area contributed by atoms with Crippen LogP contribution in [0.2, 0.25) is 5.02 Å². The predicted octanol–water partition coefficient (Wildman–Crippen LogP) is 6.63. The van der Waals surface area contributed by atoms with Gasteiger partial charge in [-0.3, -0.25) is 9.69 Å². The lowest BCUT2D eigenvalue weighted by atomic mass is 10.2. The molecule has 0 spiro atoms. The number of halogens is 1. The molecule has 0 saturated heterocycles. The van der Waals surface area contributed by atoms with Gasteiger partial charge in [0.15, 0.2) is 17.2 Å². The van der Waals surface area contributed by atoms with Crippen LogP contribution in [0.3, 0.4) is 0 Å². The molecule has 7 nitrogen and oxygen atoms in total. The fourth-order valence-electron chi connectivity index (χ4n) is 4.51. The van der Waals surface area contributed by atoms with Crippen LogP contribution in [0.1, 0.15) is 30.5 Å². The molecule has 0 fully saturated rings. The highest BCUT2D eigenvalue weighted by atomic mass is 35.5. The van der Waals surface area contributed by atoms with E-state index in [9.17, 15) is 4.79 Å². The molecule has 0 aliphatic carbocycles. The number of rotatable bonds is 3. The van der Waals surface area contributed by atoms with E-state index in [1.165, 1.54) is 0 Å². The summed E-state index contributed by atoms with van der Waals surface area (Å²) in [6, 6.07) is 20.9. The van der Waals surface area contributed by atoms with Crippen LogP contribution in [0, 0.1) is 6.92 Å². The molecule has 3 heterocycles. The maximum absolute atomic E-state index is 13.3. The second-order valence-corrected chi connectivity index (χ2v) is 9.85. The smallest absolute Gasteiger partial charge is 0.238 e. The third kappa shape index (κ3) is 6.54. The molecule has 0 saturated carbocycles. The zero-order valence-corrected chi connectivity index (χ0v) is 22.2. The molecule has 0 atom stereocenters. The minimum absolute atomic E-state index is 0.136. The van der Waals surface area contributed by atoms with Gasteiger partial charge in [-0.1, -0.05) is 23.7 Å². The van der Waals surface area contributed by atoms with Gasteiger partial charge in [0.25, 0.3) is 0 Å². The molecule has 38 heavy (non-hydrogen) atoms. The minimum Gasteiger partial charge on any atom is -0.490 e. The largest absolute Gasteiger partial charge is 0.490 e. The number of carbonyl (C=O) groups excluding carboxylic acids is 1. The first-order valence-electron chi connectivity index (χ1n) is 12.9. The number of aryl methyl sites for hydroxylation is 1. The average molecular weight is 531 g/mol. The summed E-state index contributed by atoms with van der Waals surface area (Å²) in [5.41, 5.74) is 2.73. The molecular weight excluding hydrogens is 500 g/mol. The number of benzene rings is 2. The summed E-state index contributed by atoms with van der Waals surface area (Å²) in [5.74, 6) is 2.49. The van der Waals surface area contributed by atoms with Crippen molar-refractivity contribution in [2.45, 2.75) is 32.7 Å². The van der Waals surface area contributed by atoms with Gasteiger partial charge in [-0.15, -0.1) is 0 Å². The topological polar surface area (TPSA) is 68.6 Å². The molecule has 0 radical (unpaired) electrons. The lowest BCUT2D eigenvalue weighted by molar-refractivity contribution is -0.117. The van der Waals surface area contributed by atoms with E-state index in [2.05, 4.69) is 38.8 Å². The standard InChI is InChI=1S/C30H31ClN4O3/c1-22-13-14-32-29(18-22)35-16-7-8-24(35)20-34-15-5-2-6-17-37-27-9-3-4-10-28(27)38-26-12-11-23(31)19-25(26)33-30(36)21-34/h3-4,7-14,16,18-19H,2,5-6,15,17,20-21H2,1H3,(H,33,36). The van der Waals surface area contributed by atoms with Crippen molar-refractivity contribution in [3.63, 3.8) is 0 Å². The van der Waals surface area contributed by atoms with Crippen molar-refractivity contribution in [2.75, 3.05) is 25.0 Å². The van der Waals surface area contributed by atoms with Crippen LogP contribution >= 0.6 is 11.6 Å². The number of para-hydroxylation sites is 2. The third-order valence-corrected chi connectivity index (χ3v) is 6.63. The van der Waals surface area contributed by atoms with Gasteiger partial charge in [0.05, 0.1) is 18.8 Å². The van der Waals surface area contributed by atoms with Crippen LogP contribution in [0.15, 0.2) is 79.1 Å². The maximum Gasteiger partial charge on any atom is 0.238 e. The van der Waals surface area contributed by atoms with Gasteiger partial charge in [-0.2, -0.15) is 0 Å². The number of pyridine rings is 1. The van der Waals surface area contributed by atoms with E-state index in [4.69, 9.17) is 21.1 Å². The normalized spacial score (nSPS) is 15.2. The highest BCUT2D eigenvalue weighted by Crippen LogP contribution is 2.36. The second kappa shape index (κ2) is 12.2. The first kappa shape index (κ1) is 25.8. The van der Waals surface area contributed by atoms with Gasteiger partial charge in [0.2, 0.25) is 5.91 Å². The zero-order chi connectivity index (χ0) is 26.3. The van der Waals surface area contributed by atoms with Crippen molar-refractivity contribution in [3.8, 4) is 23.1 Å². The van der Waals surface area contributed by atoms with Crippen molar-refractivity contribution in [3.05, 3.63) is 95.4 Å². The van der Waals surface area contributed by atoms with E-state index < -0.39 is 0 Å². The Labute approximate surface area is 228 Å². The summed E-state index contributed by atoms with van der Waals surface area (Å²) in [6.07, 6.45) is 6.66. The second-order valence-electron chi connectivity index (χ2n) is 9.42. The Morgan fingerprint density at radius 3 is 2.71 bits per heavy atom. The van der Waals surface area contributed by atoms with E-state index in [0.29, 0.717) is 41.1 Å². The summed E-state index contributed by atoms with van der Waals surface area (Å²) in [6.45, 7) is 4.25. The summed E-state index contributed by atoms with van der Waals surface area (Å²) in [7, 11) is 0. The van der Waals surface area contributed by atoms with E-state index in [1.807, 2.05) is 48.8 Å². The summed E-state index contributed by atoms with van der Waals surface area (Å²) < 4.78 is 14.3. The molecule has 2 aromatic carbocycles. The van der Waals surface area contributed by atoms with Crippen molar-refractivity contribution >= 4 is 23.2 Å². The third-order valence-electron chi connectivity index (χ3n) is 6.39. The molecule has 196 valence electrons. The monoisotopic (exact) mass is 530 g/mol. The first-order chi connectivity index (χ1) is 18.5. The van der Waals surface area contributed by atoms with Crippen molar-refractivity contribution in [1.82, 2.24) is 14.5 Å². The minimum atomic E-state index is -0.136. The fourth-order valence-corrected chi connectivity index (χ4v) is 4.69. The van der Waals surface area contributed by atoms with Crippen molar-refractivity contribution in [2.24, 2.45) is 0 Å². The van der Waals surface area contributed by atoms with E-state index in [-0.39, 0.29) is 12.5 Å². The lowest BCUT2D eigenvalue weighted by Gasteiger charge is -2.23. The number of hydrogen-bond donors (Lipinski definition) is 1. The number of amides is 1. The number of fused-ring (bicyclic) bond motifs is 2. The van der Waals surface area contributed by atoms with E-state index >= 15 is 0 Å². The number of anilines is 1. The predicted molar refractivity (Wildman–Crippen MR) is 150 cm³/mol. The van der Waals surface area contributed by atoms with Gasteiger partial charge >= 0.3 is 0 Å². The highest BCUT2D eigenvalue weighted by molar-refractivity contribution is 6.31. The molecule has 4 aromatic rings. The number of aromatic nitrogens is 2. The molecule has 0 unspecified atom stereocenters. The fraction of sp³-hybridized carbons (Fsp3) is 0.267. The Bertz CT molecular complexity index is 1400. The van der Waals surface area contributed by atoms with Crippen LogP contribution in [0.4, 0.5) is 5.69 Å². The maximum atomic E-state index is 13.3. The quantitative estimate of drug-likeness (QED) is 0.322. The first-order valence-corrected chi connectivity index (χ1v) is 13.2. The number of nitrogens with one attached hydrogen (secondary N) is 1. The van der Waals surface area contributed by atoms with Crippen molar-refractivity contribution in [1.29, 1.82) is 0 Å². The average Bonchev–Trinajstić information content (AvgIpc) is 3.36. The van der Waals surface area contributed by atoms with Gasteiger partial charge in [-0.05, 0) is 92.9 Å². The van der Waals surface area contributed by atoms with Gasteiger partial charge in [-0.25, -0.2) is 4.98 Å². The Morgan fingerprint density at radius 2 is 1.84 bits per heavy atom. The lowest BCUT2D eigenvalue weighted by Crippen LogP contribution is -2.34. The summed E-state index contributed by atoms with van der Waals surface area (Å²) in [4.78, 5) is 20.0. The highest BCUT2D eigenvalue weighted by Gasteiger charge is 2.18. The molecule has 1 amide bonds. The van der Waals surface area contributed by atoms with Crippen LogP contribution in [-0.2, 0) is 11.3 Å². The Kier molecular flexibility index (Phi) is 8.26. The number of hydrogen-bond acceptors (Lipinski definition) is 5. The molecule has 1 aliphatic rings. The van der Waals surface area contributed by atoms with Crippen molar-refractivity contribution < 1.29 is 14.3 Å². The Hall–Kier alpha value is -3.81. The van der Waals surface area contributed by atoms with Gasteiger partial charge in [0.1, 0.15) is 5.82 Å². The van der Waals surface area contributed by atoms with Crippen LogP contribution in [0.25, 0.3) is 5.82 Å². The zero-order valence-electron chi connectivity index (χ0n) is 21.4. The molecule has 5 rings (SSSR count). The molecule has 1 aliphatic heterocycles. The van der Waals surface area contributed by atoms with E-state index in [1.54, 1.807) is 18.2 Å². The Morgan fingerprint density at radius 1 is 0.974 bits per heavy atom. The van der Waals surface area contributed by atoms with Crippen LogP contribution in [0.5, 0.6) is 17.2 Å². The number of carbonyl (C=O) groups is 1. The van der Waals surface area contributed by atoms with Crippen LogP contribution in [-0.4, -0.2) is 40.1 Å². The Balaban J connectivity index is 1.39. The number of ether oxygens (including phenoxy) is 2. The number of nitrogens with zero attached hydrogens (tertiary/aromatic N) is 3. The summed E-state index contributed by atoms with van der Waals surface area (Å²) >= 11 is 6.28. The van der Waals surface area contributed by atoms with Crippen LogP contribution < -0.4 is 14.8 Å². The van der Waals surface area contributed by atoms with Gasteiger partial charge < -0.3 is 19.4 Å². The SMILES string of the molecule is Cc1ccnc(-n2cccc2CN2CCCCCOc3ccccc3Oc3ccc(Cl)cc3NC(=O)C2)c1.